The Hall–Kier alpha value is -1.70. The Morgan fingerprint density at radius 3 is 2.45 bits per heavy atom. The lowest BCUT2D eigenvalue weighted by atomic mass is 9.70. The van der Waals surface area contributed by atoms with Gasteiger partial charge in [0.05, 0.1) is 11.2 Å². The average Bonchev–Trinajstić information content (AvgIpc) is 2.40. The van der Waals surface area contributed by atoms with Crippen LogP contribution >= 0.6 is 0 Å². The molecule has 0 unspecified atom stereocenters. The van der Waals surface area contributed by atoms with Crippen molar-refractivity contribution in [2.45, 2.75) is 60.3 Å². The smallest absolute Gasteiger partial charge is 0.0755 e. The third kappa shape index (κ3) is 2.25. The van der Waals surface area contributed by atoms with Gasteiger partial charge in [-0.2, -0.15) is 0 Å². The Balaban J connectivity index is 2.34. The van der Waals surface area contributed by atoms with Crippen LogP contribution in [0.15, 0.2) is 23.9 Å². The molecule has 0 fully saturated rings. The first-order valence-electron chi connectivity index (χ1n) is 8.09. The molecule has 0 radical (unpaired) electrons. The summed E-state index contributed by atoms with van der Waals surface area (Å²) in [5.74, 6) is 0. The van der Waals surface area contributed by atoms with Crippen LogP contribution in [0.25, 0.3) is 16.5 Å². The van der Waals surface area contributed by atoms with E-state index in [1.165, 1.54) is 27.8 Å². The van der Waals surface area contributed by atoms with Gasteiger partial charge in [0.1, 0.15) is 0 Å². The fourth-order valence-electron chi connectivity index (χ4n) is 3.50. The lowest BCUT2D eigenvalue weighted by Gasteiger charge is -2.35. The molecule has 3 rings (SSSR count). The highest BCUT2D eigenvalue weighted by molar-refractivity contribution is 5.96. The van der Waals surface area contributed by atoms with E-state index in [0.717, 1.165) is 17.6 Å². The van der Waals surface area contributed by atoms with Crippen molar-refractivity contribution in [1.82, 2.24) is 9.97 Å². The molecule has 0 atom stereocenters. The molecule has 2 heterocycles. The summed E-state index contributed by atoms with van der Waals surface area (Å²) in [5.41, 5.74) is 7.74. The zero-order valence-corrected chi connectivity index (χ0v) is 14.8. The molecule has 2 aromatic heterocycles. The van der Waals surface area contributed by atoms with Gasteiger partial charge in [-0.3, -0.25) is 9.97 Å². The predicted octanol–water partition coefficient (Wildman–Crippen LogP) is 5.30. The van der Waals surface area contributed by atoms with Gasteiger partial charge in [-0.05, 0) is 49.0 Å². The van der Waals surface area contributed by atoms with Crippen molar-refractivity contribution in [1.29, 1.82) is 0 Å². The molecule has 0 aromatic carbocycles. The molecule has 2 heteroatoms. The highest BCUT2D eigenvalue weighted by atomic mass is 14.8. The second-order valence-electron chi connectivity index (χ2n) is 8.33. The van der Waals surface area contributed by atoms with Crippen LogP contribution in [0.5, 0.6) is 0 Å². The molecular weight excluding hydrogens is 268 g/mol. The van der Waals surface area contributed by atoms with Crippen LogP contribution in [0.4, 0.5) is 0 Å². The highest BCUT2D eigenvalue weighted by Gasteiger charge is 2.33. The molecule has 116 valence electrons. The number of hydrogen-bond acceptors (Lipinski definition) is 2. The molecule has 0 bridgehead atoms. The van der Waals surface area contributed by atoms with Crippen molar-refractivity contribution >= 4 is 16.5 Å². The van der Waals surface area contributed by atoms with Gasteiger partial charge in [0.2, 0.25) is 0 Å². The Labute approximate surface area is 133 Å². The van der Waals surface area contributed by atoms with Crippen molar-refractivity contribution in [3.05, 3.63) is 40.9 Å². The van der Waals surface area contributed by atoms with Gasteiger partial charge in [-0.25, -0.2) is 0 Å². The number of pyridine rings is 2. The van der Waals surface area contributed by atoms with Crippen LogP contribution < -0.4 is 0 Å². The number of allylic oxidation sites excluding steroid dienone is 2. The standard InChI is InChI=1S/C20H26N2/c1-12-13(2)20(6,7)15-10-14(11-19(3,4)5)22-16-8-9-21-18(12)17(15)16/h8-10H,11H2,1-7H3. The van der Waals surface area contributed by atoms with E-state index in [0.29, 0.717) is 0 Å². The van der Waals surface area contributed by atoms with Gasteiger partial charge in [0.15, 0.2) is 0 Å². The normalized spacial score (nSPS) is 17.2. The molecule has 1 aliphatic rings. The molecule has 0 N–H and O–H groups in total. The predicted molar refractivity (Wildman–Crippen MR) is 94.0 cm³/mol. The fourth-order valence-corrected chi connectivity index (χ4v) is 3.50. The summed E-state index contributed by atoms with van der Waals surface area (Å²) in [4.78, 5) is 9.57. The van der Waals surface area contributed by atoms with Crippen molar-refractivity contribution in [2.24, 2.45) is 5.41 Å². The molecule has 0 saturated carbocycles. The number of aromatic nitrogens is 2. The maximum atomic E-state index is 4.93. The summed E-state index contributed by atoms with van der Waals surface area (Å²) in [5, 5.41) is 1.24. The van der Waals surface area contributed by atoms with Gasteiger partial charge >= 0.3 is 0 Å². The largest absolute Gasteiger partial charge is 0.256 e. The van der Waals surface area contributed by atoms with Crippen molar-refractivity contribution in [3.8, 4) is 0 Å². The van der Waals surface area contributed by atoms with Gasteiger partial charge in [0.25, 0.3) is 0 Å². The van der Waals surface area contributed by atoms with E-state index in [1.807, 2.05) is 6.20 Å². The summed E-state index contributed by atoms with van der Waals surface area (Å²) in [7, 11) is 0. The first-order valence-corrected chi connectivity index (χ1v) is 8.09. The molecule has 1 aliphatic carbocycles. The van der Waals surface area contributed by atoms with Crippen molar-refractivity contribution < 1.29 is 0 Å². The molecule has 2 nitrogen and oxygen atoms in total. The van der Waals surface area contributed by atoms with E-state index in [-0.39, 0.29) is 10.8 Å². The second-order valence-corrected chi connectivity index (χ2v) is 8.33. The number of nitrogens with zero attached hydrogens (tertiary/aromatic N) is 2. The van der Waals surface area contributed by atoms with E-state index in [4.69, 9.17) is 4.98 Å². The summed E-state index contributed by atoms with van der Waals surface area (Å²) < 4.78 is 0. The van der Waals surface area contributed by atoms with E-state index in [1.54, 1.807) is 0 Å². The van der Waals surface area contributed by atoms with E-state index < -0.39 is 0 Å². The number of hydrogen-bond donors (Lipinski definition) is 0. The lowest BCUT2D eigenvalue weighted by Crippen LogP contribution is -2.25. The summed E-state index contributed by atoms with van der Waals surface area (Å²) in [6.07, 6.45) is 2.88. The van der Waals surface area contributed by atoms with Gasteiger partial charge < -0.3 is 0 Å². The first-order chi connectivity index (χ1) is 10.1. The van der Waals surface area contributed by atoms with Crippen LogP contribution in [0.3, 0.4) is 0 Å². The van der Waals surface area contributed by atoms with Crippen LogP contribution in [0, 0.1) is 5.41 Å². The van der Waals surface area contributed by atoms with Gasteiger partial charge in [-0.1, -0.05) is 40.2 Å². The third-order valence-electron chi connectivity index (χ3n) is 5.01. The lowest BCUT2D eigenvalue weighted by molar-refractivity contribution is 0.406. The minimum atomic E-state index is 0.0357. The number of rotatable bonds is 1. The Bertz CT molecular complexity index is 789. The first kappa shape index (κ1) is 15.2. The molecule has 2 aromatic rings. The maximum absolute atomic E-state index is 4.93. The molecule has 0 spiro atoms. The Kier molecular flexibility index (Phi) is 3.21. The minimum Gasteiger partial charge on any atom is -0.256 e. The summed E-state index contributed by atoms with van der Waals surface area (Å²) in [6, 6.07) is 4.37. The summed E-state index contributed by atoms with van der Waals surface area (Å²) >= 11 is 0. The topological polar surface area (TPSA) is 25.8 Å². The van der Waals surface area contributed by atoms with Crippen LogP contribution in [0.2, 0.25) is 0 Å². The van der Waals surface area contributed by atoms with Crippen LogP contribution in [0.1, 0.15) is 65.4 Å². The Morgan fingerprint density at radius 1 is 1.14 bits per heavy atom. The van der Waals surface area contributed by atoms with Crippen LogP contribution in [-0.2, 0) is 11.8 Å². The maximum Gasteiger partial charge on any atom is 0.0755 e. The van der Waals surface area contributed by atoms with Crippen molar-refractivity contribution in [2.75, 3.05) is 0 Å². The quantitative estimate of drug-likeness (QED) is 0.713. The van der Waals surface area contributed by atoms with Gasteiger partial charge in [-0.15, -0.1) is 0 Å². The average molecular weight is 294 g/mol. The fraction of sp³-hybridized carbons (Fsp3) is 0.500. The molecular formula is C20H26N2. The Morgan fingerprint density at radius 2 is 1.82 bits per heavy atom. The molecule has 0 saturated heterocycles. The van der Waals surface area contributed by atoms with Crippen LogP contribution in [-0.4, -0.2) is 9.97 Å². The second kappa shape index (κ2) is 4.65. The van der Waals surface area contributed by atoms with E-state index in [2.05, 4.69) is 65.6 Å². The molecule has 0 aliphatic heterocycles. The summed E-state index contributed by atoms with van der Waals surface area (Å²) in [6.45, 7) is 15.9. The SMILES string of the molecule is CC1=C(C)C(C)(C)c2cc(CC(C)(C)C)nc3ccnc1c23. The monoisotopic (exact) mass is 294 g/mol. The van der Waals surface area contributed by atoms with E-state index >= 15 is 0 Å². The highest BCUT2D eigenvalue weighted by Crippen LogP contribution is 2.45. The zero-order valence-electron chi connectivity index (χ0n) is 14.8. The molecule has 22 heavy (non-hydrogen) atoms. The third-order valence-corrected chi connectivity index (χ3v) is 5.01. The molecule has 0 amide bonds. The van der Waals surface area contributed by atoms with Gasteiger partial charge in [0, 0.05) is 22.7 Å². The zero-order chi connectivity index (χ0) is 16.3. The van der Waals surface area contributed by atoms with E-state index in [9.17, 15) is 0 Å². The van der Waals surface area contributed by atoms with Crippen molar-refractivity contribution in [3.63, 3.8) is 0 Å². The minimum absolute atomic E-state index is 0.0357.